The first-order chi connectivity index (χ1) is 10.2. The molecule has 1 fully saturated rings. The van der Waals surface area contributed by atoms with E-state index in [1.807, 2.05) is 29.2 Å². The number of hydrogen-bond acceptors (Lipinski definition) is 2. The van der Waals surface area contributed by atoms with Crippen LogP contribution in [0.5, 0.6) is 0 Å². The molecule has 3 nitrogen and oxygen atoms in total. The lowest BCUT2D eigenvalue weighted by Gasteiger charge is -2.27. The SMILES string of the molecule is CC1c2occc2C[C@@H]2C(=O)N(Cc3ccccc3)C[C@H]12. The van der Waals surface area contributed by atoms with E-state index in [9.17, 15) is 4.79 Å². The molecule has 0 N–H and O–H groups in total. The Morgan fingerprint density at radius 3 is 2.86 bits per heavy atom. The Morgan fingerprint density at radius 1 is 1.24 bits per heavy atom. The second kappa shape index (κ2) is 4.76. The van der Waals surface area contributed by atoms with Crippen LogP contribution in [0, 0.1) is 11.8 Å². The Kier molecular flexibility index (Phi) is 2.88. The van der Waals surface area contributed by atoms with Crippen molar-refractivity contribution in [1.82, 2.24) is 4.90 Å². The van der Waals surface area contributed by atoms with Gasteiger partial charge in [0, 0.05) is 24.9 Å². The first-order valence-corrected chi connectivity index (χ1v) is 7.63. The summed E-state index contributed by atoms with van der Waals surface area (Å²) in [5.41, 5.74) is 2.42. The third-order valence-corrected chi connectivity index (χ3v) is 5.07. The third kappa shape index (κ3) is 1.99. The van der Waals surface area contributed by atoms with E-state index in [4.69, 9.17) is 4.42 Å². The fourth-order valence-corrected chi connectivity index (χ4v) is 3.93. The van der Waals surface area contributed by atoms with Crippen molar-refractivity contribution in [3.63, 3.8) is 0 Å². The molecule has 4 rings (SSSR count). The molecule has 1 unspecified atom stereocenters. The van der Waals surface area contributed by atoms with Crippen molar-refractivity contribution in [3.8, 4) is 0 Å². The highest BCUT2D eigenvalue weighted by molar-refractivity contribution is 5.82. The molecule has 108 valence electrons. The first-order valence-electron chi connectivity index (χ1n) is 7.63. The topological polar surface area (TPSA) is 33.5 Å². The Morgan fingerprint density at radius 2 is 2.05 bits per heavy atom. The van der Waals surface area contributed by atoms with Crippen molar-refractivity contribution in [2.24, 2.45) is 11.8 Å². The van der Waals surface area contributed by atoms with Crippen LogP contribution in [0.2, 0.25) is 0 Å². The van der Waals surface area contributed by atoms with Gasteiger partial charge in [0.15, 0.2) is 0 Å². The van der Waals surface area contributed by atoms with Gasteiger partial charge in [0.25, 0.3) is 0 Å². The fourth-order valence-electron chi connectivity index (χ4n) is 3.93. The highest BCUT2D eigenvalue weighted by Crippen LogP contribution is 2.44. The van der Waals surface area contributed by atoms with Gasteiger partial charge in [-0.15, -0.1) is 0 Å². The molecular weight excluding hydrogens is 262 g/mol. The molecule has 1 aliphatic heterocycles. The zero-order chi connectivity index (χ0) is 14.4. The highest BCUT2D eigenvalue weighted by atomic mass is 16.3. The number of likely N-dealkylation sites (tertiary alicyclic amines) is 1. The monoisotopic (exact) mass is 281 g/mol. The van der Waals surface area contributed by atoms with Gasteiger partial charge in [-0.25, -0.2) is 0 Å². The van der Waals surface area contributed by atoms with Crippen LogP contribution in [-0.4, -0.2) is 17.4 Å². The number of furan rings is 1. The van der Waals surface area contributed by atoms with Gasteiger partial charge in [0.2, 0.25) is 5.91 Å². The molecule has 0 radical (unpaired) electrons. The number of rotatable bonds is 2. The van der Waals surface area contributed by atoms with Crippen molar-refractivity contribution in [3.05, 3.63) is 59.5 Å². The van der Waals surface area contributed by atoms with Crippen LogP contribution in [0.3, 0.4) is 0 Å². The summed E-state index contributed by atoms with van der Waals surface area (Å²) in [6.07, 6.45) is 2.60. The third-order valence-electron chi connectivity index (χ3n) is 5.07. The Balaban J connectivity index is 1.58. The summed E-state index contributed by atoms with van der Waals surface area (Å²) in [5.74, 6) is 2.25. The van der Waals surface area contributed by atoms with E-state index in [1.54, 1.807) is 6.26 Å². The maximum absolute atomic E-state index is 12.7. The molecule has 3 atom stereocenters. The Bertz CT molecular complexity index is 661. The highest BCUT2D eigenvalue weighted by Gasteiger charge is 2.47. The van der Waals surface area contributed by atoms with E-state index < -0.39 is 0 Å². The lowest BCUT2D eigenvalue weighted by atomic mass is 9.74. The number of fused-ring (bicyclic) bond motifs is 2. The average Bonchev–Trinajstić information content (AvgIpc) is 3.08. The van der Waals surface area contributed by atoms with E-state index in [-0.39, 0.29) is 5.92 Å². The van der Waals surface area contributed by atoms with E-state index in [0.29, 0.717) is 17.7 Å². The lowest BCUT2D eigenvalue weighted by molar-refractivity contribution is -0.131. The van der Waals surface area contributed by atoms with Gasteiger partial charge in [0.1, 0.15) is 5.76 Å². The largest absolute Gasteiger partial charge is 0.469 e. The number of nitrogens with zero attached hydrogens (tertiary/aromatic N) is 1. The standard InChI is InChI=1S/C18H19NO2/c1-12-16-11-19(10-13-5-3-2-4-6-13)18(20)15(16)9-14-7-8-21-17(12)14/h2-8,12,15-16H,9-11H2,1H3/t12?,15-,16+/m0/s1. The number of amides is 1. The van der Waals surface area contributed by atoms with E-state index in [2.05, 4.69) is 19.1 Å². The van der Waals surface area contributed by atoms with Gasteiger partial charge in [0.05, 0.1) is 6.26 Å². The second-order valence-corrected chi connectivity index (χ2v) is 6.28. The minimum absolute atomic E-state index is 0.133. The summed E-state index contributed by atoms with van der Waals surface area (Å²) in [5, 5.41) is 0. The zero-order valence-electron chi connectivity index (χ0n) is 12.2. The smallest absolute Gasteiger partial charge is 0.226 e. The summed E-state index contributed by atoms with van der Waals surface area (Å²) in [6, 6.07) is 12.3. The average molecular weight is 281 g/mol. The summed E-state index contributed by atoms with van der Waals surface area (Å²) < 4.78 is 5.64. The maximum atomic E-state index is 12.7. The summed E-state index contributed by atoms with van der Waals surface area (Å²) in [6.45, 7) is 3.76. The van der Waals surface area contributed by atoms with Crippen molar-refractivity contribution < 1.29 is 9.21 Å². The molecular formula is C18H19NO2. The van der Waals surface area contributed by atoms with E-state index in [0.717, 1.165) is 25.3 Å². The molecule has 0 spiro atoms. The lowest BCUT2D eigenvalue weighted by Crippen LogP contribution is -2.29. The maximum Gasteiger partial charge on any atom is 0.226 e. The molecule has 1 saturated heterocycles. The second-order valence-electron chi connectivity index (χ2n) is 6.28. The fraction of sp³-hybridized carbons (Fsp3) is 0.389. The quantitative estimate of drug-likeness (QED) is 0.847. The molecule has 21 heavy (non-hydrogen) atoms. The predicted octanol–water partition coefficient (Wildman–Crippen LogP) is 3.21. The molecule has 1 aromatic heterocycles. The van der Waals surface area contributed by atoms with Gasteiger partial charge in [-0.1, -0.05) is 37.3 Å². The van der Waals surface area contributed by atoms with Crippen LogP contribution >= 0.6 is 0 Å². The van der Waals surface area contributed by atoms with Crippen LogP contribution in [0.4, 0.5) is 0 Å². The molecule has 2 aliphatic rings. The molecule has 0 saturated carbocycles. The van der Waals surface area contributed by atoms with Crippen molar-refractivity contribution in [2.75, 3.05) is 6.54 Å². The molecule has 0 bridgehead atoms. The number of benzene rings is 1. The first kappa shape index (κ1) is 12.7. The van der Waals surface area contributed by atoms with E-state index >= 15 is 0 Å². The zero-order valence-corrected chi connectivity index (χ0v) is 12.2. The minimum Gasteiger partial charge on any atom is -0.469 e. The molecule has 3 heteroatoms. The van der Waals surface area contributed by atoms with Crippen LogP contribution in [0.1, 0.15) is 29.7 Å². The minimum atomic E-state index is 0.133. The van der Waals surface area contributed by atoms with Crippen LogP contribution < -0.4 is 0 Å². The van der Waals surface area contributed by atoms with Crippen molar-refractivity contribution in [2.45, 2.75) is 25.8 Å². The number of carbonyl (C=O) groups excluding carboxylic acids is 1. The summed E-state index contributed by atoms with van der Waals surface area (Å²) >= 11 is 0. The Labute approximate surface area is 124 Å². The normalized spacial score (nSPS) is 27.6. The predicted molar refractivity (Wildman–Crippen MR) is 79.7 cm³/mol. The molecule has 1 amide bonds. The molecule has 2 heterocycles. The summed E-state index contributed by atoms with van der Waals surface area (Å²) in [4.78, 5) is 14.7. The number of hydrogen-bond donors (Lipinski definition) is 0. The van der Waals surface area contributed by atoms with Crippen molar-refractivity contribution in [1.29, 1.82) is 0 Å². The molecule has 1 aromatic carbocycles. The number of carbonyl (C=O) groups is 1. The van der Waals surface area contributed by atoms with Gasteiger partial charge in [-0.2, -0.15) is 0 Å². The summed E-state index contributed by atoms with van der Waals surface area (Å²) in [7, 11) is 0. The van der Waals surface area contributed by atoms with Crippen LogP contribution in [0.15, 0.2) is 47.1 Å². The molecule has 2 aromatic rings. The van der Waals surface area contributed by atoms with Gasteiger partial charge in [-0.05, 0) is 29.5 Å². The van der Waals surface area contributed by atoms with Gasteiger partial charge in [-0.3, -0.25) is 4.79 Å². The van der Waals surface area contributed by atoms with Gasteiger partial charge >= 0.3 is 0 Å². The van der Waals surface area contributed by atoms with Crippen LogP contribution in [0.25, 0.3) is 0 Å². The Hall–Kier alpha value is -2.03. The van der Waals surface area contributed by atoms with Crippen molar-refractivity contribution >= 4 is 5.91 Å². The van der Waals surface area contributed by atoms with E-state index in [1.165, 1.54) is 11.1 Å². The van der Waals surface area contributed by atoms with Crippen LogP contribution in [-0.2, 0) is 17.8 Å². The molecule has 1 aliphatic carbocycles. The van der Waals surface area contributed by atoms with Gasteiger partial charge < -0.3 is 9.32 Å².